The SMILES string of the molecule is c1ccc(C2(c3ccccc3)c3ccccc3-c3ccc(N(c4ccccc4-c4ccc5c(c4)oc4ccccc45)c4cccc5ccccc45)cc32)cc1. The molecule has 0 unspecified atom stereocenters. The Hall–Kier alpha value is -7.16. The predicted molar refractivity (Wildman–Crippen MR) is 229 cm³/mol. The highest BCUT2D eigenvalue weighted by Crippen LogP contribution is 2.57. The molecule has 10 aromatic rings. The summed E-state index contributed by atoms with van der Waals surface area (Å²) in [4.78, 5) is 2.46. The van der Waals surface area contributed by atoms with Crippen LogP contribution < -0.4 is 4.90 Å². The first-order valence-electron chi connectivity index (χ1n) is 18.9. The monoisotopic (exact) mass is 701 g/mol. The van der Waals surface area contributed by atoms with Gasteiger partial charge in [-0.15, -0.1) is 0 Å². The second-order valence-electron chi connectivity index (χ2n) is 14.4. The Labute approximate surface area is 320 Å². The number of fused-ring (bicyclic) bond motifs is 7. The Balaban J connectivity index is 1.20. The summed E-state index contributed by atoms with van der Waals surface area (Å²) >= 11 is 0. The molecule has 0 radical (unpaired) electrons. The maximum atomic E-state index is 6.42. The van der Waals surface area contributed by atoms with Crippen LogP contribution in [-0.4, -0.2) is 0 Å². The fourth-order valence-electron chi connectivity index (χ4n) is 9.19. The Morgan fingerprint density at radius 3 is 1.78 bits per heavy atom. The molecule has 0 atom stereocenters. The van der Waals surface area contributed by atoms with E-state index < -0.39 is 5.41 Å². The van der Waals surface area contributed by atoms with Crippen molar-refractivity contribution >= 4 is 49.8 Å². The van der Waals surface area contributed by atoms with Crippen molar-refractivity contribution in [2.24, 2.45) is 0 Å². The molecular weight excluding hydrogens is 667 g/mol. The molecule has 0 aliphatic heterocycles. The predicted octanol–water partition coefficient (Wildman–Crippen LogP) is 14.2. The summed E-state index contributed by atoms with van der Waals surface area (Å²) in [6.07, 6.45) is 0. The second-order valence-corrected chi connectivity index (χ2v) is 14.4. The highest BCUT2D eigenvalue weighted by molar-refractivity contribution is 6.07. The standard InChI is InChI=1S/C53H35NO/c1-3-18-38(19-4-1)53(39-20-5-2-6-21-39)47-26-12-9-24-43(47)44-33-31-40(35-48(44)53)54(50-28-15-17-36-16-7-8-22-41(36)50)49-27-13-10-23-42(49)37-30-32-46-45-25-11-14-29-51(45)55-52(46)34-37/h1-35H. The quantitative estimate of drug-likeness (QED) is 0.172. The fourth-order valence-corrected chi connectivity index (χ4v) is 9.19. The fraction of sp³-hybridized carbons (Fsp3) is 0.0189. The molecule has 0 amide bonds. The molecule has 0 spiro atoms. The van der Waals surface area contributed by atoms with E-state index >= 15 is 0 Å². The number of anilines is 3. The Morgan fingerprint density at radius 1 is 0.364 bits per heavy atom. The van der Waals surface area contributed by atoms with E-state index in [2.05, 4.69) is 205 Å². The van der Waals surface area contributed by atoms with Crippen LogP contribution in [0.15, 0.2) is 217 Å². The van der Waals surface area contributed by atoms with Crippen LogP contribution >= 0.6 is 0 Å². The Kier molecular flexibility index (Phi) is 7.11. The van der Waals surface area contributed by atoms with Crippen LogP contribution in [0.1, 0.15) is 22.3 Å². The van der Waals surface area contributed by atoms with Gasteiger partial charge in [-0.1, -0.05) is 170 Å². The first kappa shape index (κ1) is 31.4. The van der Waals surface area contributed by atoms with Crippen LogP contribution in [0.4, 0.5) is 17.1 Å². The van der Waals surface area contributed by atoms with Gasteiger partial charge in [0, 0.05) is 27.4 Å². The molecule has 2 nitrogen and oxygen atoms in total. The first-order valence-corrected chi connectivity index (χ1v) is 18.9. The van der Waals surface area contributed by atoms with Gasteiger partial charge in [0.15, 0.2) is 0 Å². The summed E-state index contributed by atoms with van der Waals surface area (Å²) in [6, 6.07) is 77.1. The zero-order valence-corrected chi connectivity index (χ0v) is 30.1. The summed E-state index contributed by atoms with van der Waals surface area (Å²) in [5, 5.41) is 4.64. The number of furan rings is 1. The summed E-state index contributed by atoms with van der Waals surface area (Å²) in [7, 11) is 0. The van der Waals surface area contributed by atoms with E-state index in [1.807, 2.05) is 12.1 Å². The third-order valence-electron chi connectivity index (χ3n) is 11.5. The van der Waals surface area contributed by atoms with E-state index in [1.165, 1.54) is 44.2 Å². The van der Waals surface area contributed by atoms with Gasteiger partial charge >= 0.3 is 0 Å². The summed E-state index contributed by atoms with van der Waals surface area (Å²) in [5.41, 5.74) is 14.4. The van der Waals surface area contributed by atoms with E-state index in [-0.39, 0.29) is 0 Å². The van der Waals surface area contributed by atoms with Gasteiger partial charge < -0.3 is 9.32 Å². The highest BCUT2D eigenvalue weighted by Gasteiger charge is 2.46. The number of nitrogens with zero attached hydrogens (tertiary/aromatic N) is 1. The molecular formula is C53H35NO. The number of hydrogen-bond acceptors (Lipinski definition) is 2. The van der Waals surface area contributed by atoms with Gasteiger partial charge in [0.05, 0.1) is 16.8 Å². The maximum absolute atomic E-state index is 6.42. The average molecular weight is 702 g/mol. The minimum atomic E-state index is -0.513. The second kappa shape index (κ2) is 12.5. The largest absolute Gasteiger partial charge is 0.456 e. The van der Waals surface area contributed by atoms with Gasteiger partial charge in [0.25, 0.3) is 0 Å². The number of rotatable bonds is 6. The molecule has 0 bridgehead atoms. The molecule has 1 aromatic heterocycles. The van der Waals surface area contributed by atoms with E-state index in [4.69, 9.17) is 4.42 Å². The molecule has 1 aliphatic rings. The van der Waals surface area contributed by atoms with Gasteiger partial charge in [-0.25, -0.2) is 0 Å². The lowest BCUT2D eigenvalue weighted by Gasteiger charge is -2.35. The van der Waals surface area contributed by atoms with Crippen molar-refractivity contribution < 1.29 is 4.42 Å². The van der Waals surface area contributed by atoms with Crippen LogP contribution in [0.5, 0.6) is 0 Å². The van der Waals surface area contributed by atoms with E-state index in [0.29, 0.717) is 0 Å². The normalized spacial score (nSPS) is 12.9. The lowest BCUT2D eigenvalue weighted by atomic mass is 9.67. The van der Waals surface area contributed by atoms with Crippen molar-refractivity contribution in [1.29, 1.82) is 0 Å². The Morgan fingerprint density at radius 2 is 0.964 bits per heavy atom. The molecule has 9 aromatic carbocycles. The van der Waals surface area contributed by atoms with Crippen molar-refractivity contribution in [1.82, 2.24) is 0 Å². The molecule has 1 aliphatic carbocycles. The van der Waals surface area contributed by atoms with E-state index in [9.17, 15) is 0 Å². The zero-order valence-electron chi connectivity index (χ0n) is 30.1. The minimum Gasteiger partial charge on any atom is -0.456 e. The smallest absolute Gasteiger partial charge is 0.136 e. The average Bonchev–Trinajstić information content (AvgIpc) is 3.78. The number of hydrogen-bond donors (Lipinski definition) is 0. The molecule has 55 heavy (non-hydrogen) atoms. The Bertz CT molecular complexity index is 3000. The van der Waals surface area contributed by atoms with Gasteiger partial charge in [-0.3, -0.25) is 0 Å². The molecule has 1 heterocycles. The van der Waals surface area contributed by atoms with Crippen LogP contribution in [0.2, 0.25) is 0 Å². The molecule has 0 saturated carbocycles. The lowest BCUT2D eigenvalue weighted by Crippen LogP contribution is -2.28. The van der Waals surface area contributed by atoms with Crippen LogP contribution in [0.3, 0.4) is 0 Å². The van der Waals surface area contributed by atoms with Crippen molar-refractivity contribution in [2.75, 3.05) is 4.90 Å². The van der Waals surface area contributed by atoms with Gasteiger partial charge in [-0.2, -0.15) is 0 Å². The van der Waals surface area contributed by atoms with Crippen molar-refractivity contribution in [3.05, 3.63) is 235 Å². The minimum absolute atomic E-state index is 0.513. The molecule has 11 rings (SSSR count). The van der Waals surface area contributed by atoms with Crippen LogP contribution in [0.25, 0.3) is 55.0 Å². The molecule has 0 N–H and O–H groups in total. The molecule has 0 fully saturated rings. The maximum Gasteiger partial charge on any atom is 0.136 e. The van der Waals surface area contributed by atoms with E-state index in [1.54, 1.807) is 0 Å². The van der Waals surface area contributed by atoms with Crippen molar-refractivity contribution in [3.63, 3.8) is 0 Å². The van der Waals surface area contributed by atoms with Crippen LogP contribution in [-0.2, 0) is 5.41 Å². The highest BCUT2D eigenvalue weighted by atomic mass is 16.3. The third kappa shape index (κ3) is 4.75. The van der Waals surface area contributed by atoms with Crippen molar-refractivity contribution in [3.8, 4) is 22.3 Å². The third-order valence-corrected chi connectivity index (χ3v) is 11.5. The molecule has 2 heteroatoms. The van der Waals surface area contributed by atoms with Gasteiger partial charge in [0.2, 0.25) is 0 Å². The van der Waals surface area contributed by atoms with Gasteiger partial charge in [0.1, 0.15) is 11.2 Å². The zero-order chi connectivity index (χ0) is 36.3. The lowest BCUT2D eigenvalue weighted by molar-refractivity contribution is 0.669. The van der Waals surface area contributed by atoms with Gasteiger partial charge in [-0.05, 0) is 86.8 Å². The summed E-state index contributed by atoms with van der Waals surface area (Å²) in [6.45, 7) is 0. The topological polar surface area (TPSA) is 16.4 Å². The van der Waals surface area contributed by atoms with Crippen LogP contribution in [0, 0.1) is 0 Å². The number of para-hydroxylation sites is 2. The first-order chi connectivity index (χ1) is 27.3. The van der Waals surface area contributed by atoms with Crippen molar-refractivity contribution in [2.45, 2.75) is 5.41 Å². The summed E-state index contributed by atoms with van der Waals surface area (Å²) in [5.74, 6) is 0. The number of benzene rings is 9. The molecule has 0 saturated heterocycles. The van der Waals surface area contributed by atoms with E-state index in [0.717, 1.165) is 50.1 Å². The molecule has 258 valence electrons. The summed E-state index contributed by atoms with van der Waals surface area (Å²) < 4.78 is 6.42.